The predicted molar refractivity (Wildman–Crippen MR) is 66.2 cm³/mol. The molecule has 0 aliphatic carbocycles. The highest BCUT2D eigenvalue weighted by Gasteiger charge is 2.28. The summed E-state index contributed by atoms with van der Waals surface area (Å²) in [6.07, 6.45) is 3.99. The van der Waals surface area contributed by atoms with E-state index in [0.717, 1.165) is 12.5 Å². The largest absolute Gasteiger partial charge is 0.329 e. The molecule has 1 aliphatic heterocycles. The summed E-state index contributed by atoms with van der Waals surface area (Å²) in [6, 6.07) is 0.658. The van der Waals surface area contributed by atoms with E-state index >= 15 is 0 Å². The molecule has 1 fully saturated rings. The standard InChI is InChI=1S/C11H26N2Si/c1-10-5-6-13(9-14(2,3)4)11(7-10)8-12/h10-11H,5-9,12H2,1-4H3. The maximum absolute atomic E-state index is 5.85. The van der Waals surface area contributed by atoms with E-state index in [4.69, 9.17) is 5.73 Å². The first-order valence-electron chi connectivity index (χ1n) is 5.86. The zero-order valence-corrected chi connectivity index (χ0v) is 11.2. The second-order valence-corrected chi connectivity index (χ2v) is 11.5. The first-order valence-corrected chi connectivity index (χ1v) is 9.57. The molecule has 0 aromatic rings. The minimum Gasteiger partial charge on any atom is -0.329 e. The van der Waals surface area contributed by atoms with Crippen LogP contribution in [0.4, 0.5) is 0 Å². The van der Waals surface area contributed by atoms with Crippen LogP contribution in [-0.2, 0) is 0 Å². The molecule has 2 atom stereocenters. The third kappa shape index (κ3) is 3.71. The van der Waals surface area contributed by atoms with Crippen molar-refractivity contribution in [1.82, 2.24) is 4.90 Å². The summed E-state index contributed by atoms with van der Waals surface area (Å²) in [4.78, 5) is 2.65. The lowest BCUT2D eigenvalue weighted by molar-refractivity contribution is 0.142. The highest BCUT2D eigenvalue weighted by molar-refractivity contribution is 6.76. The van der Waals surface area contributed by atoms with Crippen molar-refractivity contribution in [2.24, 2.45) is 11.7 Å². The molecule has 1 aliphatic rings. The Morgan fingerprint density at radius 3 is 2.50 bits per heavy atom. The Kier molecular flexibility index (Phi) is 4.16. The molecule has 0 aromatic heterocycles. The van der Waals surface area contributed by atoms with Gasteiger partial charge in [-0.2, -0.15) is 0 Å². The second-order valence-electron chi connectivity index (χ2n) is 6.05. The molecule has 0 radical (unpaired) electrons. The molecule has 0 saturated carbocycles. The molecule has 14 heavy (non-hydrogen) atoms. The molecule has 2 N–H and O–H groups in total. The molecule has 1 saturated heterocycles. The topological polar surface area (TPSA) is 29.3 Å². The fourth-order valence-corrected chi connectivity index (χ4v) is 4.00. The van der Waals surface area contributed by atoms with Gasteiger partial charge >= 0.3 is 0 Å². The van der Waals surface area contributed by atoms with Crippen LogP contribution in [0.2, 0.25) is 19.6 Å². The summed E-state index contributed by atoms with van der Waals surface area (Å²) in [5.41, 5.74) is 5.85. The Morgan fingerprint density at radius 1 is 1.36 bits per heavy atom. The number of likely N-dealkylation sites (tertiary alicyclic amines) is 1. The van der Waals surface area contributed by atoms with Gasteiger partial charge in [-0.3, -0.25) is 0 Å². The maximum atomic E-state index is 5.85. The lowest BCUT2D eigenvalue weighted by atomic mass is 9.93. The Hall–Kier alpha value is 0.137. The first kappa shape index (κ1) is 12.2. The minimum absolute atomic E-state index is 0.658. The Bertz CT molecular complexity index is 177. The van der Waals surface area contributed by atoms with Crippen LogP contribution in [0.3, 0.4) is 0 Å². The van der Waals surface area contributed by atoms with E-state index in [0.29, 0.717) is 6.04 Å². The summed E-state index contributed by atoms with van der Waals surface area (Å²) in [7, 11) is -0.954. The van der Waals surface area contributed by atoms with Crippen molar-refractivity contribution in [3.8, 4) is 0 Å². The van der Waals surface area contributed by atoms with E-state index < -0.39 is 8.07 Å². The third-order valence-electron chi connectivity index (χ3n) is 3.05. The van der Waals surface area contributed by atoms with Crippen LogP contribution in [0.5, 0.6) is 0 Å². The molecule has 0 bridgehead atoms. The molecule has 0 spiro atoms. The SMILES string of the molecule is CC1CCN(C[Si](C)(C)C)C(CN)C1. The van der Waals surface area contributed by atoms with Crippen LogP contribution in [0.15, 0.2) is 0 Å². The Morgan fingerprint density at radius 2 is 2.00 bits per heavy atom. The van der Waals surface area contributed by atoms with Gasteiger partial charge in [0, 0.05) is 12.6 Å². The fraction of sp³-hybridized carbons (Fsp3) is 1.00. The van der Waals surface area contributed by atoms with Gasteiger partial charge in [0.1, 0.15) is 0 Å². The van der Waals surface area contributed by atoms with Gasteiger partial charge in [-0.1, -0.05) is 26.6 Å². The van der Waals surface area contributed by atoms with Crippen LogP contribution in [-0.4, -0.2) is 38.3 Å². The van der Waals surface area contributed by atoms with E-state index in [-0.39, 0.29) is 0 Å². The summed E-state index contributed by atoms with van der Waals surface area (Å²) < 4.78 is 0. The lowest BCUT2D eigenvalue weighted by Crippen LogP contribution is -2.52. The molecule has 3 heteroatoms. The molecule has 0 amide bonds. The van der Waals surface area contributed by atoms with E-state index in [2.05, 4.69) is 31.5 Å². The summed E-state index contributed by atoms with van der Waals surface area (Å²) in [5.74, 6) is 0.876. The average molecular weight is 214 g/mol. The van der Waals surface area contributed by atoms with Crippen molar-refractivity contribution in [3.63, 3.8) is 0 Å². The molecule has 2 unspecified atom stereocenters. The van der Waals surface area contributed by atoms with E-state index in [1.165, 1.54) is 25.6 Å². The number of nitrogens with zero attached hydrogens (tertiary/aromatic N) is 1. The van der Waals surface area contributed by atoms with Crippen molar-refractivity contribution < 1.29 is 0 Å². The molecule has 1 rings (SSSR count). The van der Waals surface area contributed by atoms with Crippen LogP contribution < -0.4 is 5.73 Å². The van der Waals surface area contributed by atoms with Gasteiger partial charge in [0.05, 0.1) is 8.07 Å². The van der Waals surface area contributed by atoms with Crippen molar-refractivity contribution >= 4 is 8.07 Å². The van der Waals surface area contributed by atoms with E-state index in [9.17, 15) is 0 Å². The normalized spacial score (nSPS) is 30.6. The molecular weight excluding hydrogens is 188 g/mol. The van der Waals surface area contributed by atoms with Gasteiger partial charge in [0.15, 0.2) is 0 Å². The minimum atomic E-state index is -0.954. The smallest absolute Gasteiger partial charge is 0.0599 e. The zero-order chi connectivity index (χ0) is 10.8. The first-order chi connectivity index (χ1) is 6.42. The summed E-state index contributed by atoms with van der Waals surface area (Å²) in [5, 5.41) is 0. The average Bonchev–Trinajstić information content (AvgIpc) is 2.06. The van der Waals surface area contributed by atoms with Gasteiger partial charge < -0.3 is 10.6 Å². The van der Waals surface area contributed by atoms with Crippen molar-refractivity contribution in [3.05, 3.63) is 0 Å². The van der Waals surface area contributed by atoms with E-state index in [1.807, 2.05) is 0 Å². The number of hydrogen-bond donors (Lipinski definition) is 1. The van der Waals surface area contributed by atoms with Gasteiger partial charge in [-0.15, -0.1) is 0 Å². The van der Waals surface area contributed by atoms with Gasteiger partial charge in [-0.05, 0) is 31.5 Å². The van der Waals surface area contributed by atoms with Crippen LogP contribution in [0.1, 0.15) is 19.8 Å². The monoisotopic (exact) mass is 214 g/mol. The van der Waals surface area contributed by atoms with Gasteiger partial charge in [0.2, 0.25) is 0 Å². The van der Waals surface area contributed by atoms with E-state index in [1.54, 1.807) is 0 Å². The molecule has 2 nitrogen and oxygen atoms in total. The van der Waals surface area contributed by atoms with Gasteiger partial charge in [-0.25, -0.2) is 0 Å². The number of piperidine rings is 1. The quantitative estimate of drug-likeness (QED) is 0.727. The zero-order valence-electron chi connectivity index (χ0n) is 10.2. The van der Waals surface area contributed by atoms with Crippen molar-refractivity contribution in [2.45, 2.75) is 45.4 Å². The highest BCUT2D eigenvalue weighted by atomic mass is 28.3. The lowest BCUT2D eigenvalue weighted by Gasteiger charge is -2.40. The summed E-state index contributed by atoms with van der Waals surface area (Å²) in [6.45, 7) is 11.8. The van der Waals surface area contributed by atoms with Crippen LogP contribution in [0.25, 0.3) is 0 Å². The van der Waals surface area contributed by atoms with Crippen molar-refractivity contribution in [2.75, 3.05) is 19.3 Å². The predicted octanol–water partition coefficient (Wildman–Crippen LogP) is 1.92. The van der Waals surface area contributed by atoms with Gasteiger partial charge in [0.25, 0.3) is 0 Å². The molecule has 1 heterocycles. The summed E-state index contributed by atoms with van der Waals surface area (Å²) >= 11 is 0. The Labute approximate surface area is 89.9 Å². The third-order valence-corrected chi connectivity index (χ3v) is 4.40. The van der Waals surface area contributed by atoms with Crippen LogP contribution >= 0.6 is 0 Å². The highest BCUT2D eigenvalue weighted by Crippen LogP contribution is 2.23. The molecule has 84 valence electrons. The number of rotatable bonds is 3. The number of hydrogen-bond acceptors (Lipinski definition) is 2. The number of nitrogens with two attached hydrogens (primary N) is 1. The molecule has 0 aromatic carbocycles. The Balaban J connectivity index is 2.50. The van der Waals surface area contributed by atoms with Crippen LogP contribution in [0, 0.1) is 5.92 Å². The second kappa shape index (κ2) is 4.77. The van der Waals surface area contributed by atoms with Crippen molar-refractivity contribution in [1.29, 1.82) is 0 Å². The maximum Gasteiger partial charge on any atom is 0.0599 e. The fourth-order valence-electron chi connectivity index (χ4n) is 2.36. The molecular formula is C11H26N2Si.